The second-order valence-corrected chi connectivity index (χ2v) is 10.1. The van der Waals surface area contributed by atoms with Crippen LogP contribution in [-0.4, -0.2) is 51.5 Å². The molecule has 4 aliphatic carbocycles. The number of hydrogen-bond donors (Lipinski definition) is 3. The number of Topliss-reactive ketones (excluding diaryl/α,β-unsaturated/α-hetero) is 1. The van der Waals surface area contributed by atoms with Gasteiger partial charge in [-0.1, -0.05) is 20.4 Å². The Kier molecular flexibility index (Phi) is 2.57. The summed E-state index contributed by atoms with van der Waals surface area (Å²) in [6.07, 6.45) is -0.473. The van der Waals surface area contributed by atoms with Crippen LogP contribution < -0.4 is 0 Å². The first-order chi connectivity index (χ1) is 12.1. The van der Waals surface area contributed by atoms with Crippen LogP contribution in [0.25, 0.3) is 0 Å². The van der Waals surface area contributed by atoms with E-state index in [0.717, 1.165) is 12.8 Å². The summed E-state index contributed by atoms with van der Waals surface area (Å²) < 4.78 is 12.3. The van der Waals surface area contributed by atoms with Crippen LogP contribution >= 0.6 is 0 Å². The van der Waals surface area contributed by atoms with E-state index in [4.69, 9.17) is 9.47 Å². The van der Waals surface area contributed by atoms with Gasteiger partial charge in [0.15, 0.2) is 12.1 Å². The van der Waals surface area contributed by atoms with Crippen LogP contribution in [0.4, 0.5) is 0 Å². The summed E-state index contributed by atoms with van der Waals surface area (Å²) in [5.41, 5.74) is -2.03. The van der Waals surface area contributed by atoms with Crippen molar-refractivity contribution in [3.8, 4) is 0 Å². The monoisotopic (exact) mass is 362 g/mol. The van der Waals surface area contributed by atoms with Gasteiger partial charge in [-0.15, -0.1) is 0 Å². The summed E-state index contributed by atoms with van der Waals surface area (Å²) in [4.78, 5) is 13.4. The number of carbonyl (C=O) groups is 1. The van der Waals surface area contributed by atoms with E-state index in [0.29, 0.717) is 18.4 Å². The van der Waals surface area contributed by atoms with Crippen molar-refractivity contribution in [2.75, 3.05) is 0 Å². The molecule has 26 heavy (non-hydrogen) atoms. The Balaban J connectivity index is 1.70. The molecule has 6 nitrogen and oxygen atoms in total. The van der Waals surface area contributed by atoms with Crippen LogP contribution in [0.5, 0.6) is 0 Å². The topological polar surface area (TPSA) is 96.2 Å². The number of rotatable bonds is 0. The molecule has 7 bridgehead atoms. The van der Waals surface area contributed by atoms with Gasteiger partial charge < -0.3 is 24.8 Å². The molecule has 4 heterocycles. The molecule has 4 aliphatic heterocycles. The van der Waals surface area contributed by atoms with Crippen molar-refractivity contribution in [1.82, 2.24) is 0 Å². The highest BCUT2D eigenvalue weighted by atomic mass is 16.8. The van der Waals surface area contributed by atoms with E-state index >= 15 is 0 Å². The molecule has 4 saturated heterocycles. The minimum Gasteiger partial charge on any atom is -0.392 e. The number of aliphatic hydroxyl groups excluding tert-OH is 2. The van der Waals surface area contributed by atoms with E-state index in [1.165, 1.54) is 0 Å². The van der Waals surface area contributed by atoms with Gasteiger partial charge in [0.25, 0.3) is 0 Å². The molecule has 0 amide bonds. The highest BCUT2D eigenvalue weighted by molar-refractivity contribution is 6.05. The fraction of sp³-hybridized carbons (Fsp3) is 0.850. The van der Waals surface area contributed by atoms with Gasteiger partial charge in [0, 0.05) is 11.8 Å². The molecule has 0 aromatic heterocycles. The molecule has 4 saturated carbocycles. The van der Waals surface area contributed by atoms with Crippen molar-refractivity contribution in [1.29, 1.82) is 0 Å². The van der Waals surface area contributed by atoms with Crippen molar-refractivity contribution in [3.05, 3.63) is 12.2 Å². The molecule has 0 aromatic carbocycles. The summed E-state index contributed by atoms with van der Waals surface area (Å²) in [5.74, 6) is -2.99. The van der Waals surface area contributed by atoms with Crippen LogP contribution in [0, 0.1) is 34.0 Å². The van der Waals surface area contributed by atoms with Crippen molar-refractivity contribution in [2.45, 2.75) is 69.9 Å². The zero-order chi connectivity index (χ0) is 18.4. The van der Waals surface area contributed by atoms with Crippen LogP contribution in [0.3, 0.4) is 0 Å². The van der Waals surface area contributed by atoms with Crippen molar-refractivity contribution >= 4 is 5.78 Å². The number of aliphatic hydroxyl groups is 3. The highest BCUT2D eigenvalue weighted by Gasteiger charge is 2.92. The smallest absolute Gasteiger partial charge is 0.211 e. The largest absolute Gasteiger partial charge is 0.392 e. The number of hydrogen-bond acceptors (Lipinski definition) is 6. The maximum atomic E-state index is 13.4. The van der Waals surface area contributed by atoms with Crippen LogP contribution in [-0.2, 0) is 14.3 Å². The number of carbonyl (C=O) groups excluding carboxylic acids is 1. The van der Waals surface area contributed by atoms with Gasteiger partial charge in [-0.25, -0.2) is 0 Å². The predicted octanol–water partition coefficient (Wildman–Crippen LogP) is 0.740. The lowest BCUT2D eigenvalue weighted by Crippen LogP contribution is -2.91. The van der Waals surface area contributed by atoms with Crippen molar-refractivity contribution < 1.29 is 29.6 Å². The van der Waals surface area contributed by atoms with Crippen LogP contribution in [0.2, 0.25) is 0 Å². The van der Waals surface area contributed by atoms with Crippen LogP contribution in [0.15, 0.2) is 12.2 Å². The number of ether oxygens (including phenoxy) is 2. The van der Waals surface area contributed by atoms with Gasteiger partial charge in [0.2, 0.25) is 5.79 Å². The normalized spacial score (nSPS) is 64.0. The minimum atomic E-state index is -1.97. The fourth-order valence-electron chi connectivity index (χ4n) is 8.38. The maximum Gasteiger partial charge on any atom is 0.211 e. The van der Waals surface area contributed by atoms with E-state index < -0.39 is 47.1 Å². The first kappa shape index (κ1) is 16.2. The second-order valence-electron chi connectivity index (χ2n) is 10.1. The zero-order valence-corrected chi connectivity index (χ0v) is 15.1. The van der Waals surface area contributed by atoms with E-state index in [1.54, 1.807) is 0 Å². The molecule has 0 radical (unpaired) electrons. The Morgan fingerprint density at radius 1 is 1.19 bits per heavy atom. The highest BCUT2D eigenvalue weighted by Crippen LogP contribution is 2.81. The maximum absolute atomic E-state index is 13.4. The van der Waals surface area contributed by atoms with Crippen LogP contribution in [0.1, 0.15) is 39.5 Å². The lowest BCUT2D eigenvalue weighted by molar-refractivity contribution is -0.556. The third kappa shape index (κ3) is 1.19. The lowest BCUT2D eigenvalue weighted by Gasteiger charge is -2.79. The molecule has 8 rings (SSSR count). The van der Waals surface area contributed by atoms with Gasteiger partial charge in [-0.3, -0.25) is 4.79 Å². The predicted molar refractivity (Wildman–Crippen MR) is 88.4 cm³/mol. The van der Waals surface area contributed by atoms with E-state index in [-0.39, 0.29) is 23.0 Å². The van der Waals surface area contributed by atoms with Crippen molar-refractivity contribution in [3.63, 3.8) is 0 Å². The van der Waals surface area contributed by atoms with Gasteiger partial charge in [-0.2, -0.15) is 0 Å². The molecular weight excluding hydrogens is 336 g/mol. The van der Waals surface area contributed by atoms with Gasteiger partial charge >= 0.3 is 0 Å². The molecule has 0 unspecified atom stereocenters. The van der Waals surface area contributed by atoms with Gasteiger partial charge in [-0.05, 0) is 42.6 Å². The Morgan fingerprint density at radius 2 is 1.92 bits per heavy atom. The quantitative estimate of drug-likeness (QED) is 0.550. The summed E-state index contributed by atoms with van der Waals surface area (Å²) >= 11 is 0. The summed E-state index contributed by atoms with van der Waals surface area (Å²) in [5, 5.41) is 34.3. The third-order valence-corrected chi connectivity index (χ3v) is 9.14. The summed E-state index contributed by atoms with van der Waals surface area (Å²) in [6, 6.07) is 0. The lowest BCUT2D eigenvalue weighted by atomic mass is 9.34. The molecule has 8 fully saturated rings. The van der Waals surface area contributed by atoms with E-state index in [1.807, 2.05) is 0 Å². The third-order valence-electron chi connectivity index (χ3n) is 9.14. The molecule has 142 valence electrons. The molecule has 0 aromatic rings. The Labute approximate surface area is 152 Å². The summed E-state index contributed by atoms with van der Waals surface area (Å²) in [6.45, 7) is 8.14. The Morgan fingerprint density at radius 3 is 2.65 bits per heavy atom. The fourth-order valence-corrected chi connectivity index (χ4v) is 8.38. The first-order valence-corrected chi connectivity index (χ1v) is 9.80. The Hall–Kier alpha value is -0.790. The zero-order valence-electron chi connectivity index (χ0n) is 15.1. The molecule has 6 heteroatoms. The molecular formula is C20H26O6. The first-order valence-electron chi connectivity index (χ1n) is 9.80. The minimum absolute atomic E-state index is 0.133. The van der Waals surface area contributed by atoms with Gasteiger partial charge in [0.1, 0.15) is 11.5 Å². The SMILES string of the molecule is C=C1C(=O)[C@@]23[C@H]4O[C@H]5O[C@]2(O)[C@@H](O)[C@@H]2C(C)(C)CC[C@H](O)[C@]52[C@@H]3CC[C@H]14. The average molecular weight is 362 g/mol. The Bertz CT molecular complexity index is 761. The van der Waals surface area contributed by atoms with Gasteiger partial charge in [0.05, 0.1) is 17.6 Å². The van der Waals surface area contributed by atoms with Crippen molar-refractivity contribution in [2.24, 2.45) is 34.0 Å². The summed E-state index contributed by atoms with van der Waals surface area (Å²) in [7, 11) is 0. The standard InChI is InChI=1S/C20H26O6/c1-8-9-4-5-10-18-11(21)6-7-17(2,3)12(18)14(23)20(24)19(10,13(8)22)15(9)25-16(18)26-20/h9-12,14-16,21,23-24H,1,4-7H2,2-3H3/t9-,10+,11+,12-,14+,15+,16+,18+,19+,20-/m1/s1. The van der Waals surface area contributed by atoms with E-state index in [9.17, 15) is 20.1 Å². The molecule has 3 N–H and O–H groups in total. The second kappa shape index (κ2) is 4.13. The van der Waals surface area contributed by atoms with E-state index in [2.05, 4.69) is 20.4 Å². The molecule has 10 atom stereocenters. The molecule has 8 aliphatic rings. The molecule has 2 spiro atoms. The number of ketones is 1. The average Bonchev–Trinajstić information content (AvgIpc) is 2.71.